The number of carbonyl (C=O) groups excluding carboxylic acids is 1. The van der Waals surface area contributed by atoms with Gasteiger partial charge in [0.2, 0.25) is 5.91 Å². The molecule has 1 amide bonds. The normalized spacial score (nSPS) is 10.7. The Kier molecular flexibility index (Phi) is 5.31. The predicted octanol–water partition coefficient (Wildman–Crippen LogP) is 2.24. The van der Waals surface area contributed by atoms with Gasteiger partial charge in [-0.15, -0.1) is 0 Å². The maximum atomic E-state index is 12.5. The highest BCUT2D eigenvalue weighted by Gasteiger charge is 2.12. The van der Waals surface area contributed by atoms with Gasteiger partial charge in [-0.25, -0.2) is 4.98 Å². The molecule has 2 aromatic carbocycles. The fraction of sp³-hybridized carbons (Fsp3) is 0.250. The number of fused-ring (bicyclic) bond motifs is 1. The molecule has 3 aromatic rings. The third kappa shape index (κ3) is 3.91. The molecule has 0 aliphatic heterocycles. The standard InChI is InChI=1S/C20H21N3O3/c1-15-7-3-6-10-18(15)26-12-11-22(2)19(24)13-23-14-21-17-9-5-4-8-16(17)20(23)25/h3-10,14H,11-13H2,1-2H3. The second kappa shape index (κ2) is 7.82. The largest absolute Gasteiger partial charge is 0.491 e. The monoisotopic (exact) mass is 351 g/mol. The van der Waals surface area contributed by atoms with Crippen LogP contribution in [0.2, 0.25) is 0 Å². The molecule has 0 radical (unpaired) electrons. The lowest BCUT2D eigenvalue weighted by molar-refractivity contribution is -0.130. The zero-order chi connectivity index (χ0) is 18.5. The number of amides is 1. The summed E-state index contributed by atoms with van der Waals surface area (Å²) in [5.41, 5.74) is 1.46. The Morgan fingerprint density at radius 3 is 2.69 bits per heavy atom. The maximum Gasteiger partial charge on any atom is 0.261 e. The van der Waals surface area contributed by atoms with E-state index in [9.17, 15) is 9.59 Å². The van der Waals surface area contributed by atoms with Crippen molar-refractivity contribution in [3.05, 3.63) is 70.8 Å². The van der Waals surface area contributed by atoms with Crippen molar-refractivity contribution in [3.63, 3.8) is 0 Å². The van der Waals surface area contributed by atoms with Crippen molar-refractivity contribution >= 4 is 16.8 Å². The van der Waals surface area contributed by atoms with Crippen molar-refractivity contribution in [1.29, 1.82) is 0 Å². The molecular formula is C20H21N3O3. The molecule has 3 rings (SSSR count). The number of rotatable bonds is 6. The van der Waals surface area contributed by atoms with Crippen LogP contribution in [-0.2, 0) is 11.3 Å². The summed E-state index contributed by atoms with van der Waals surface area (Å²) in [6.07, 6.45) is 1.42. The first kappa shape index (κ1) is 17.7. The van der Waals surface area contributed by atoms with Gasteiger partial charge >= 0.3 is 0 Å². The van der Waals surface area contributed by atoms with Gasteiger partial charge in [0.05, 0.1) is 23.8 Å². The number of para-hydroxylation sites is 2. The highest BCUT2D eigenvalue weighted by atomic mass is 16.5. The van der Waals surface area contributed by atoms with Crippen LogP contribution in [0.3, 0.4) is 0 Å². The molecule has 0 spiro atoms. The average molecular weight is 351 g/mol. The van der Waals surface area contributed by atoms with Crippen LogP contribution in [0, 0.1) is 6.92 Å². The van der Waals surface area contributed by atoms with Gasteiger partial charge in [-0.2, -0.15) is 0 Å². The van der Waals surface area contributed by atoms with Crippen LogP contribution in [0.25, 0.3) is 10.9 Å². The SMILES string of the molecule is Cc1ccccc1OCCN(C)C(=O)Cn1cnc2ccccc2c1=O. The van der Waals surface area contributed by atoms with Gasteiger partial charge in [-0.3, -0.25) is 14.2 Å². The van der Waals surface area contributed by atoms with Crippen LogP contribution < -0.4 is 10.3 Å². The van der Waals surface area contributed by atoms with Gasteiger partial charge in [0.25, 0.3) is 5.56 Å². The Labute approximate surface area is 151 Å². The summed E-state index contributed by atoms with van der Waals surface area (Å²) >= 11 is 0. The van der Waals surface area contributed by atoms with Crippen molar-refractivity contribution in [3.8, 4) is 5.75 Å². The van der Waals surface area contributed by atoms with Gasteiger partial charge < -0.3 is 9.64 Å². The molecule has 0 bridgehead atoms. The van der Waals surface area contributed by atoms with E-state index in [1.807, 2.05) is 37.3 Å². The zero-order valence-corrected chi connectivity index (χ0v) is 14.9. The number of aromatic nitrogens is 2. The molecular weight excluding hydrogens is 330 g/mol. The third-order valence-corrected chi connectivity index (χ3v) is 4.24. The Hall–Kier alpha value is -3.15. The Bertz CT molecular complexity index is 981. The van der Waals surface area contributed by atoms with E-state index >= 15 is 0 Å². The lowest BCUT2D eigenvalue weighted by Gasteiger charge is -2.18. The first-order valence-corrected chi connectivity index (χ1v) is 8.43. The highest BCUT2D eigenvalue weighted by Crippen LogP contribution is 2.15. The summed E-state index contributed by atoms with van der Waals surface area (Å²) in [7, 11) is 1.70. The molecule has 0 unspecified atom stereocenters. The fourth-order valence-electron chi connectivity index (χ4n) is 2.62. The van der Waals surface area contributed by atoms with Crippen LogP contribution in [0.5, 0.6) is 5.75 Å². The number of carbonyl (C=O) groups is 1. The number of aryl methyl sites for hydroxylation is 1. The highest BCUT2D eigenvalue weighted by molar-refractivity contribution is 5.78. The van der Waals surface area contributed by atoms with E-state index in [1.54, 1.807) is 30.1 Å². The summed E-state index contributed by atoms with van der Waals surface area (Å²) in [5.74, 6) is 0.640. The Balaban J connectivity index is 1.60. The van der Waals surface area contributed by atoms with Gasteiger partial charge in [0.15, 0.2) is 0 Å². The molecule has 0 saturated carbocycles. The molecule has 0 aliphatic carbocycles. The first-order chi connectivity index (χ1) is 12.6. The summed E-state index contributed by atoms with van der Waals surface area (Å²) in [6.45, 7) is 2.75. The summed E-state index contributed by atoms with van der Waals surface area (Å²) < 4.78 is 7.05. The maximum absolute atomic E-state index is 12.5. The van der Waals surface area contributed by atoms with Gasteiger partial charge in [0.1, 0.15) is 18.9 Å². The van der Waals surface area contributed by atoms with Crippen LogP contribution in [-0.4, -0.2) is 40.6 Å². The molecule has 0 N–H and O–H groups in total. The summed E-state index contributed by atoms with van der Waals surface area (Å²) in [5, 5.41) is 0.508. The molecule has 0 aliphatic rings. The topological polar surface area (TPSA) is 64.4 Å². The number of hydrogen-bond donors (Lipinski definition) is 0. The van der Waals surface area contributed by atoms with Gasteiger partial charge in [0, 0.05) is 7.05 Å². The van der Waals surface area contributed by atoms with E-state index < -0.39 is 0 Å². The summed E-state index contributed by atoms with van der Waals surface area (Å²) in [6, 6.07) is 14.8. The third-order valence-electron chi connectivity index (χ3n) is 4.24. The molecule has 0 fully saturated rings. The molecule has 134 valence electrons. The molecule has 1 heterocycles. The Morgan fingerprint density at radius 1 is 1.15 bits per heavy atom. The smallest absolute Gasteiger partial charge is 0.261 e. The minimum absolute atomic E-state index is 0.0441. The molecule has 0 saturated heterocycles. The van der Waals surface area contributed by atoms with E-state index in [-0.39, 0.29) is 18.0 Å². The molecule has 6 nitrogen and oxygen atoms in total. The second-order valence-corrected chi connectivity index (χ2v) is 6.12. The van der Waals surface area contributed by atoms with Gasteiger partial charge in [-0.1, -0.05) is 30.3 Å². The molecule has 26 heavy (non-hydrogen) atoms. The minimum atomic E-state index is -0.214. The number of benzene rings is 2. The number of likely N-dealkylation sites (N-methyl/N-ethyl adjacent to an activating group) is 1. The van der Waals surface area contributed by atoms with Crippen LogP contribution in [0.4, 0.5) is 0 Å². The van der Waals surface area contributed by atoms with Crippen molar-refractivity contribution < 1.29 is 9.53 Å². The Morgan fingerprint density at radius 2 is 1.88 bits per heavy atom. The quantitative estimate of drug-likeness (QED) is 0.683. The van der Waals surface area contributed by atoms with Crippen molar-refractivity contribution in [1.82, 2.24) is 14.5 Å². The summed E-state index contributed by atoms with van der Waals surface area (Å²) in [4.78, 5) is 30.6. The number of ether oxygens (including phenoxy) is 1. The number of hydrogen-bond acceptors (Lipinski definition) is 4. The lowest BCUT2D eigenvalue weighted by atomic mass is 10.2. The lowest BCUT2D eigenvalue weighted by Crippen LogP contribution is -2.36. The van der Waals surface area contributed by atoms with Crippen molar-refractivity contribution in [2.24, 2.45) is 0 Å². The van der Waals surface area contributed by atoms with E-state index in [4.69, 9.17) is 4.74 Å². The minimum Gasteiger partial charge on any atom is -0.491 e. The molecule has 6 heteroatoms. The first-order valence-electron chi connectivity index (χ1n) is 8.43. The van der Waals surface area contributed by atoms with Crippen molar-refractivity contribution in [2.45, 2.75) is 13.5 Å². The van der Waals surface area contributed by atoms with Crippen LogP contribution >= 0.6 is 0 Å². The van der Waals surface area contributed by atoms with E-state index in [0.717, 1.165) is 11.3 Å². The van der Waals surface area contributed by atoms with Crippen molar-refractivity contribution in [2.75, 3.05) is 20.2 Å². The predicted molar refractivity (Wildman–Crippen MR) is 100 cm³/mol. The second-order valence-electron chi connectivity index (χ2n) is 6.12. The van der Waals surface area contributed by atoms with Gasteiger partial charge in [-0.05, 0) is 30.7 Å². The van der Waals surface area contributed by atoms with Crippen LogP contribution in [0.1, 0.15) is 5.56 Å². The fourth-order valence-corrected chi connectivity index (χ4v) is 2.62. The number of nitrogens with zero attached hydrogens (tertiary/aromatic N) is 3. The average Bonchev–Trinajstić information content (AvgIpc) is 2.65. The molecule has 0 atom stereocenters. The zero-order valence-electron chi connectivity index (χ0n) is 14.9. The van der Waals surface area contributed by atoms with Crippen LogP contribution in [0.15, 0.2) is 59.7 Å². The molecule has 1 aromatic heterocycles. The van der Waals surface area contributed by atoms with E-state index in [1.165, 1.54) is 10.9 Å². The van der Waals surface area contributed by atoms with E-state index in [0.29, 0.717) is 24.1 Å². The van der Waals surface area contributed by atoms with E-state index in [2.05, 4.69) is 4.98 Å².